The number of nitrogens with one attached hydrogen (secondary N) is 1. The van der Waals surface area contributed by atoms with Gasteiger partial charge in [-0.05, 0) is 54.6 Å². The van der Waals surface area contributed by atoms with Crippen molar-refractivity contribution in [1.82, 2.24) is 4.31 Å². The van der Waals surface area contributed by atoms with Gasteiger partial charge in [-0.3, -0.25) is 4.79 Å². The molecule has 3 aromatic rings. The maximum atomic E-state index is 12.8. The highest BCUT2D eigenvalue weighted by Gasteiger charge is 2.26. The average Bonchev–Trinajstić information content (AvgIpc) is 2.81. The highest BCUT2D eigenvalue weighted by molar-refractivity contribution is 7.89. The Morgan fingerprint density at radius 2 is 1.55 bits per heavy atom. The lowest BCUT2D eigenvalue weighted by Crippen LogP contribution is -2.31. The number of benzene rings is 3. The second kappa shape index (κ2) is 10.6. The van der Waals surface area contributed by atoms with E-state index in [0.717, 1.165) is 0 Å². The molecule has 0 radical (unpaired) electrons. The molecule has 172 valence electrons. The summed E-state index contributed by atoms with van der Waals surface area (Å²) in [6.07, 6.45) is 0. The zero-order valence-corrected chi connectivity index (χ0v) is 19.7. The van der Waals surface area contributed by atoms with Crippen molar-refractivity contribution in [1.29, 1.82) is 0 Å². The summed E-state index contributed by atoms with van der Waals surface area (Å²) in [5, 5.41) is 2.78. The van der Waals surface area contributed by atoms with Crippen molar-refractivity contribution in [3.8, 4) is 5.75 Å². The Bertz CT molecular complexity index is 1240. The number of ether oxygens (including phenoxy) is 1. The maximum absolute atomic E-state index is 12.8. The van der Waals surface area contributed by atoms with E-state index >= 15 is 0 Å². The lowest BCUT2D eigenvalue weighted by molar-refractivity contribution is 0.0734. The fraction of sp³-hybridized carbons (Fsp3) is 0.167. The fourth-order valence-electron chi connectivity index (χ4n) is 3.10. The molecule has 0 atom stereocenters. The molecule has 0 fully saturated rings. The van der Waals surface area contributed by atoms with E-state index in [9.17, 15) is 18.0 Å². The van der Waals surface area contributed by atoms with Crippen molar-refractivity contribution in [2.45, 2.75) is 18.7 Å². The maximum Gasteiger partial charge on any atom is 0.343 e. The third-order valence-corrected chi connectivity index (χ3v) is 7.38. The number of sulfonamides is 1. The van der Waals surface area contributed by atoms with Crippen LogP contribution in [0.25, 0.3) is 0 Å². The standard InChI is InChI=1S/C24H23ClN2O5S/c1-3-27(4-2)33(30,31)22-16-18(10-15-21(22)25)24(29)32-20-13-11-19(12-14-20)26-23(28)17-8-6-5-7-9-17/h5-16H,3-4H2,1-2H3,(H,26,28). The Labute approximate surface area is 198 Å². The van der Waals surface area contributed by atoms with Crippen molar-refractivity contribution in [2.75, 3.05) is 18.4 Å². The number of rotatable bonds is 8. The van der Waals surface area contributed by atoms with Crippen LogP contribution >= 0.6 is 11.6 Å². The van der Waals surface area contributed by atoms with E-state index in [1.54, 1.807) is 50.2 Å². The number of halogens is 1. The summed E-state index contributed by atoms with van der Waals surface area (Å²) in [5.74, 6) is -0.756. The molecule has 0 aromatic heterocycles. The Morgan fingerprint density at radius 3 is 2.15 bits per heavy atom. The number of hydrogen-bond donors (Lipinski definition) is 1. The van der Waals surface area contributed by atoms with E-state index in [1.807, 2.05) is 6.07 Å². The zero-order chi connectivity index (χ0) is 24.0. The van der Waals surface area contributed by atoms with Gasteiger partial charge in [-0.1, -0.05) is 43.6 Å². The first-order chi connectivity index (χ1) is 15.8. The minimum atomic E-state index is -3.85. The van der Waals surface area contributed by atoms with Gasteiger partial charge in [0, 0.05) is 24.3 Å². The van der Waals surface area contributed by atoms with Crippen LogP contribution in [0.15, 0.2) is 77.7 Å². The summed E-state index contributed by atoms with van der Waals surface area (Å²) in [6.45, 7) is 3.99. The van der Waals surface area contributed by atoms with Gasteiger partial charge in [0.05, 0.1) is 10.6 Å². The molecule has 0 saturated carbocycles. The lowest BCUT2D eigenvalue weighted by atomic mass is 10.2. The first-order valence-corrected chi connectivity index (χ1v) is 12.1. The number of carbonyl (C=O) groups is 2. The third kappa shape index (κ3) is 5.78. The molecule has 9 heteroatoms. The number of amides is 1. The molecule has 0 aliphatic carbocycles. The molecule has 0 saturated heterocycles. The van der Waals surface area contributed by atoms with E-state index in [4.69, 9.17) is 16.3 Å². The van der Waals surface area contributed by atoms with Crippen molar-refractivity contribution >= 4 is 39.2 Å². The molecule has 0 aliphatic heterocycles. The molecule has 1 amide bonds. The summed E-state index contributed by atoms with van der Waals surface area (Å²) in [5.41, 5.74) is 1.10. The van der Waals surface area contributed by atoms with Crippen molar-refractivity contribution in [2.24, 2.45) is 0 Å². The topological polar surface area (TPSA) is 92.8 Å². The van der Waals surface area contributed by atoms with Crippen LogP contribution in [0.1, 0.15) is 34.6 Å². The number of carbonyl (C=O) groups excluding carboxylic acids is 2. The van der Waals surface area contributed by atoms with Gasteiger partial charge in [0.15, 0.2) is 0 Å². The second-order valence-corrected chi connectivity index (χ2v) is 9.28. The van der Waals surface area contributed by atoms with Crippen molar-refractivity contribution in [3.05, 3.63) is 88.9 Å². The Morgan fingerprint density at radius 1 is 0.909 bits per heavy atom. The molecule has 0 spiro atoms. The highest BCUT2D eigenvalue weighted by Crippen LogP contribution is 2.27. The van der Waals surface area contributed by atoms with Crippen LogP contribution in [-0.4, -0.2) is 37.7 Å². The predicted octanol–water partition coefficient (Wildman–Crippen LogP) is 4.84. The first kappa shape index (κ1) is 24.4. The fourth-order valence-corrected chi connectivity index (χ4v) is 5.05. The molecule has 0 bridgehead atoms. The average molecular weight is 487 g/mol. The molecule has 0 aliphatic rings. The van der Waals surface area contributed by atoms with Gasteiger partial charge < -0.3 is 10.1 Å². The highest BCUT2D eigenvalue weighted by atomic mass is 35.5. The van der Waals surface area contributed by atoms with E-state index in [-0.39, 0.29) is 40.2 Å². The van der Waals surface area contributed by atoms with Crippen molar-refractivity contribution < 1.29 is 22.7 Å². The van der Waals surface area contributed by atoms with Crippen LogP contribution in [-0.2, 0) is 10.0 Å². The molecule has 0 heterocycles. The van der Waals surface area contributed by atoms with Gasteiger partial charge in [0.1, 0.15) is 10.6 Å². The van der Waals surface area contributed by atoms with Crippen LogP contribution in [0.3, 0.4) is 0 Å². The molecule has 3 rings (SSSR count). The Hall–Kier alpha value is -3.20. The van der Waals surface area contributed by atoms with Crippen LogP contribution in [0.2, 0.25) is 5.02 Å². The van der Waals surface area contributed by atoms with Crippen LogP contribution in [0.5, 0.6) is 5.75 Å². The minimum absolute atomic E-state index is 0.0250. The molecule has 7 nitrogen and oxygen atoms in total. The van der Waals surface area contributed by atoms with Gasteiger partial charge in [0.2, 0.25) is 10.0 Å². The third-order valence-electron chi connectivity index (χ3n) is 4.85. The number of esters is 1. The quantitative estimate of drug-likeness (QED) is 0.363. The summed E-state index contributed by atoms with van der Waals surface area (Å²) in [6, 6.07) is 19.0. The van der Waals surface area contributed by atoms with E-state index in [2.05, 4.69) is 5.32 Å². The van der Waals surface area contributed by atoms with Gasteiger partial charge in [-0.15, -0.1) is 0 Å². The summed E-state index contributed by atoms with van der Waals surface area (Å²) >= 11 is 6.11. The number of nitrogens with zero attached hydrogens (tertiary/aromatic N) is 1. The monoisotopic (exact) mass is 486 g/mol. The van der Waals surface area contributed by atoms with Crippen LogP contribution < -0.4 is 10.1 Å². The SMILES string of the molecule is CCN(CC)S(=O)(=O)c1cc(C(=O)Oc2ccc(NC(=O)c3ccccc3)cc2)ccc1Cl. The zero-order valence-electron chi connectivity index (χ0n) is 18.1. The number of anilines is 1. The molecule has 3 aromatic carbocycles. The smallest absolute Gasteiger partial charge is 0.343 e. The van der Waals surface area contributed by atoms with E-state index < -0.39 is 16.0 Å². The summed E-state index contributed by atoms with van der Waals surface area (Å²) in [7, 11) is -3.85. The summed E-state index contributed by atoms with van der Waals surface area (Å²) in [4.78, 5) is 24.7. The largest absolute Gasteiger partial charge is 0.423 e. The second-order valence-electron chi connectivity index (χ2n) is 6.97. The van der Waals surface area contributed by atoms with Gasteiger partial charge in [0.25, 0.3) is 5.91 Å². The van der Waals surface area contributed by atoms with Gasteiger partial charge >= 0.3 is 5.97 Å². The first-order valence-electron chi connectivity index (χ1n) is 10.2. The van der Waals surface area contributed by atoms with Gasteiger partial charge in [-0.25, -0.2) is 13.2 Å². The molecular weight excluding hydrogens is 464 g/mol. The van der Waals surface area contributed by atoms with E-state index in [0.29, 0.717) is 11.3 Å². The van der Waals surface area contributed by atoms with Crippen LogP contribution in [0, 0.1) is 0 Å². The molecule has 0 unspecified atom stereocenters. The van der Waals surface area contributed by atoms with Gasteiger partial charge in [-0.2, -0.15) is 4.31 Å². The normalized spacial score (nSPS) is 11.3. The predicted molar refractivity (Wildman–Crippen MR) is 127 cm³/mol. The van der Waals surface area contributed by atoms with E-state index in [1.165, 1.54) is 34.6 Å². The van der Waals surface area contributed by atoms with Crippen molar-refractivity contribution in [3.63, 3.8) is 0 Å². The molecular formula is C24H23ClN2O5S. The Kier molecular flexibility index (Phi) is 7.86. The Balaban J connectivity index is 1.73. The van der Waals surface area contributed by atoms with Crippen LogP contribution in [0.4, 0.5) is 5.69 Å². The molecule has 1 N–H and O–H groups in total. The molecule has 33 heavy (non-hydrogen) atoms. The summed E-state index contributed by atoms with van der Waals surface area (Å²) < 4.78 is 32.3. The number of hydrogen-bond acceptors (Lipinski definition) is 5. The lowest BCUT2D eigenvalue weighted by Gasteiger charge is -2.19. The minimum Gasteiger partial charge on any atom is -0.423 e.